The van der Waals surface area contributed by atoms with Gasteiger partial charge in [0.05, 0.1) is 5.25 Å². The fraction of sp³-hybridized carbons (Fsp3) is 0.500. The van der Waals surface area contributed by atoms with Crippen molar-refractivity contribution < 1.29 is 8.42 Å². The zero-order chi connectivity index (χ0) is 12.5. The predicted octanol–water partition coefficient (Wildman–Crippen LogP) is 1.58. The third kappa shape index (κ3) is 2.79. The Balaban J connectivity index is 2.15. The Morgan fingerprint density at radius 2 is 2.12 bits per heavy atom. The normalized spacial score (nSPS) is 16.4. The minimum atomic E-state index is -3.10. The number of nitrogens with two attached hydrogens (primary N) is 1. The highest BCUT2D eigenvalue weighted by Gasteiger charge is 2.39. The van der Waals surface area contributed by atoms with E-state index in [-0.39, 0.29) is 5.25 Å². The first-order chi connectivity index (χ1) is 8.04. The van der Waals surface area contributed by atoms with Crippen molar-refractivity contribution in [3.8, 4) is 0 Å². The van der Waals surface area contributed by atoms with Gasteiger partial charge in [-0.05, 0) is 30.5 Å². The first-order valence-electron chi connectivity index (χ1n) is 5.87. The third-order valence-corrected chi connectivity index (χ3v) is 5.39. The number of hydrogen-bond donors (Lipinski definition) is 1. The van der Waals surface area contributed by atoms with Crippen LogP contribution in [0.25, 0.3) is 0 Å². The van der Waals surface area contributed by atoms with Crippen molar-refractivity contribution in [1.82, 2.24) is 4.31 Å². The van der Waals surface area contributed by atoms with Crippen LogP contribution in [0.15, 0.2) is 24.3 Å². The van der Waals surface area contributed by atoms with Gasteiger partial charge in [-0.1, -0.05) is 19.1 Å². The molecule has 2 rings (SSSR count). The quantitative estimate of drug-likeness (QED) is 0.811. The van der Waals surface area contributed by atoms with E-state index in [1.54, 1.807) is 10.4 Å². The molecule has 5 heteroatoms. The monoisotopic (exact) mass is 254 g/mol. The molecule has 0 spiro atoms. The van der Waals surface area contributed by atoms with E-state index >= 15 is 0 Å². The van der Waals surface area contributed by atoms with Crippen LogP contribution in [0.4, 0.5) is 5.69 Å². The standard InChI is InChI=1S/C12H18N2O2S/c1-2-14(17(15,16)12-6-7-12)9-10-4-3-5-11(13)8-10/h3-5,8,12H,2,6-7,9,13H2,1H3. The number of benzene rings is 1. The van der Waals surface area contributed by atoms with Gasteiger partial charge in [-0.3, -0.25) is 0 Å². The summed E-state index contributed by atoms with van der Waals surface area (Å²) in [7, 11) is -3.10. The molecule has 1 saturated carbocycles. The lowest BCUT2D eigenvalue weighted by Gasteiger charge is -2.20. The van der Waals surface area contributed by atoms with Crippen molar-refractivity contribution >= 4 is 15.7 Å². The molecule has 1 aliphatic rings. The molecule has 0 atom stereocenters. The Hall–Kier alpha value is -1.07. The van der Waals surface area contributed by atoms with Crippen LogP contribution in [0, 0.1) is 0 Å². The Morgan fingerprint density at radius 1 is 1.41 bits per heavy atom. The fourth-order valence-electron chi connectivity index (χ4n) is 1.85. The molecule has 0 radical (unpaired) electrons. The van der Waals surface area contributed by atoms with Gasteiger partial charge in [-0.25, -0.2) is 8.42 Å². The fourth-order valence-corrected chi connectivity index (χ4v) is 3.70. The lowest BCUT2D eigenvalue weighted by molar-refractivity contribution is 0.422. The van der Waals surface area contributed by atoms with Crippen molar-refractivity contribution in [1.29, 1.82) is 0 Å². The van der Waals surface area contributed by atoms with E-state index in [4.69, 9.17) is 5.73 Å². The smallest absolute Gasteiger partial charge is 0.217 e. The van der Waals surface area contributed by atoms with Crippen molar-refractivity contribution in [2.24, 2.45) is 0 Å². The molecule has 0 aliphatic heterocycles. The zero-order valence-electron chi connectivity index (χ0n) is 9.96. The Kier molecular flexibility index (Phi) is 3.40. The molecule has 1 aromatic carbocycles. The third-order valence-electron chi connectivity index (χ3n) is 2.97. The molecule has 1 aromatic rings. The molecule has 2 N–H and O–H groups in total. The summed E-state index contributed by atoms with van der Waals surface area (Å²) in [5, 5.41) is -0.150. The number of sulfonamides is 1. The van der Waals surface area contributed by atoms with E-state index in [1.165, 1.54) is 0 Å². The van der Waals surface area contributed by atoms with Gasteiger partial charge in [0, 0.05) is 18.8 Å². The van der Waals surface area contributed by atoms with E-state index in [0.717, 1.165) is 18.4 Å². The Labute approximate surface area is 102 Å². The second-order valence-electron chi connectivity index (χ2n) is 4.42. The minimum Gasteiger partial charge on any atom is -0.399 e. The molecule has 0 unspecified atom stereocenters. The Bertz CT molecular complexity index is 495. The van der Waals surface area contributed by atoms with E-state index in [2.05, 4.69) is 0 Å². The molecular weight excluding hydrogens is 236 g/mol. The largest absolute Gasteiger partial charge is 0.399 e. The average Bonchev–Trinajstić information content (AvgIpc) is 3.09. The first kappa shape index (κ1) is 12.4. The van der Waals surface area contributed by atoms with Crippen LogP contribution in [0.2, 0.25) is 0 Å². The van der Waals surface area contributed by atoms with Gasteiger partial charge in [-0.15, -0.1) is 0 Å². The van der Waals surface area contributed by atoms with E-state index < -0.39 is 10.0 Å². The Morgan fingerprint density at radius 3 is 2.65 bits per heavy atom. The summed E-state index contributed by atoms with van der Waals surface area (Å²) >= 11 is 0. The van der Waals surface area contributed by atoms with Gasteiger partial charge >= 0.3 is 0 Å². The van der Waals surface area contributed by atoms with Crippen LogP contribution >= 0.6 is 0 Å². The van der Waals surface area contributed by atoms with E-state index in [1.807, 2.05) is 25.1 Å². The number of nitrogens with zero attached hydrogens (tertiary/aromatic N) is 1. The summed E-state index contributed by atoms with van der Waals surface area (Å²) in [5.74, 6) is 0. The zero-order valence-corrected chi connectivity index (χ0v) is 10.8. The van der Waals surface area contributed by atoms with Gasteiger partial charge in [0.25, 0.3) is 0 Å². The van der Waals surface area contributed by atoms with Crippen molar-refractivity contribution in [3.05, 3.63) is 29.8 Å². The van der Waals surface area contributed by atoms with E-state index in [9.17, 15) is 8.42 Å². The van der Waals surface area contributed by atoms with Gasteiger partial charge in [0.2, 0.25) is 10.0 Å². The number of hydrogen-bond acceptors (Lipinski definition) is 3. The van der Waals surface area contributed by atoms with Crippen LogP contribution in [0.3, 0.4) is 0 Å². The molecule has 4 nitrogen and oxygen atoms in total. The first-order valence-corrected chi connectivity index (χ1v) is 7.37. The summed E-state index contributed by atoms with van der Waals surface area (Å²) in [5.41, 5.74) is 7.30. The highest BCUT2D eigenvalue weighted by molar-refractivity contribution is 7.90. The summed E-state index contributed by atoms with van der Waals surface area (Å²) in [6, 6.07) is 7.38. The summed E-state index contributed by atoms with van der Waals surface area (Å²) < 4.78 is 25.8. The topological polar surface area (TPSA) is 63.4 Å². The lowest BCUT2D eigenvalue weighted by Crippen LogP contribution is -2.33. The highest BCUT2D eigenvalue weighted by atomic mass is 32.2. The maximum atomic E-state index is 12.1. The molecule has 0 saturated heterocycles. The van der Waals surface area contributed by atoms with Crippen LogP contribution in [0.1, 0.15) is 25.3 Å². The minimum absolute atomic E-state index is 0.150. The molecule has 0 heterocycles. The molecule has 94 valence electrons. The predicted molar refractivity (Wildman–Crippen MR) is 68.9 cm³/mol. The second-order valence-corrected chi connectivity index (χ2v) is 6.63. The van der Waals surface area contributed by atoms with E-state index in [0.29, 0.717) is 18.8 Å². The number of anilines is 1. The van der Waals surface area contributed by atoms with Crippen LogP contribution in [-0.4, -0.2) is 24.5 Å². The van der Waals surface area contributed by atoms with Crippen LogP contribution in [-0.2, 0) is 16.6 Å². The number of rotatable bonds is 5. The molecule has 1 fully saturated rings. The molecular formula is C12H18N2O2S. The second kappa shape index (κ2) is 4.66. The summed E-state index contributed by atoms with van der Waals surface area (Å²) in [6.07, 6.45) is 1.60. The van der Waals surface area contributed by atoms with Crippen LogP contribution < -0.4 is 5.73 Å². The van der Waals surface area contributed by atoms with Crippen molar-refractivity contribution in [2.45, 2.75) is 31.6 Å². The van der Waals surface area contributed by atoms with Gasteiger partial charge in [0.1, 0.15) is 0 Å². The summed E-state index contributed by atoms with van der Waals surface area (Å²) in [4.78, 5) is 0. The van der Waals surface area contributed by atoms with Crippen molar-refractivity contribution in [2.75, 3.05) is 12.3 Å². The summed E-state index contributed by atoms with van der Waals surface area (Å²) in [6.45, 7) is 2.79. The SMILES string of the molecule is CCN(Cc1cccc(N)c1)S(=O)(=O)C1CC1. The molecule has 1 aliphatic carbocycles. The maximum absolute atomic E-state index is 12.1. The molecule has 0 amide bonds. The highest BCUT2D eigenvalue weighted by Crippen LogP contribution is 2.31. The van der Waals surface area contributed by atoms with Gasteiger partial charge in [-0.2, -0.15) is 4.31 Å². The number of nitrogen functional groups attached to an aromatic ring is 1. The van der Waals surface area contributed by atoms with Gasteiger partial charge in [0.15, 0.2) is 0 Å². The maximum Gasteiger partial charge on any atom is 0.217 e. The molecule has 0 bridgehead atoms. The average molecular weight is 254 g/mol. The van der Waals surface area contributed by atoms with Gasteiger partial charge < -0.3 is 5.73 Å². The molecule has 17 heavy (non-hydrogen) atoms. The van der Waals surface area contributed by atoms with Crippen molar-refractivity contribution in [3.63, 3.8) is 0 Å². The van der Waals surface area contributed by atoms with Crippen LogP contribution in [0.5, 0.6) is 0 Å². The molecule has 0 aromatic heterocycles. The lowest BCUT2D eigenvalue weighted by atomic mass is 10.2.